The number of hydrogen-bond acceptors (Lipinski definition) is 7. The van der Waals surface area contributed by atoms with Gasteiger partial charge in [0.2, 0.25) is 5.28 Å². The summed E-state index contributed by atoms with van der Waals surface area (Å²) in [6, 6.07) is 4.03. The van der Waals surface area contributed by atoms with Crippen LogP contribution in [0.3, 0.4) is 0 Å². The van der Waals surface area contributed by atoms with Crippen LogP contribution in [0, 0.1) is 0 Å². The van der Waals surface area contributed by atoms with Gasteiger partial charge >= 0.3 is 0 Å². The lowest BCUT2D eigenvalue weighted by molar-refractivity contribution is -0.00545. The number of ether oxygens (including phenoxy) is 1. The van der Waals surface area contributed by atoms with Crippen molar-refractivity contribution in [1.82, 2.24) is 15.0 Å². The summed E-state index contributed by atoms with van der Waals surface area (Å²) in [7, 11) is 1.76. The molecule has 2 atom stereocenters. The Labute approximate surface area is 156 Å². The molecular formula is C18H20ClN5O2. The maximum Gasteiger partial charge on any atom is 0.225 e. The average molecular weight is 374 g/mol. The van der Waals surface area contributed by atoms with E-state index in [1.807, 2.05) is 18.3 Å². The van der Waals surface area contributed by atoms with Crippen molar-refractivity contribution in [1.29, 1.82) is 0 Å². The van der Waals surface area contributed by atoms with Crippen LogP contribution in [0.4, 0.5) is 11.6 Å². The molecule has 0 aliphatic carbocycles. The topological polar surface area (TPSA) is 76.3 Å². The van der Waals surface area contributed by atoms with Gasteiger partial charge in [-0.2, -0.15) is 4.98 Å². The van der Waals surface area contributed by atoms with Crippen molar-refractivity contribution in [3.05, 3.63) is 29.9 Å². The highest BCUT2D eigenvalue weighted by Crippen LogP contribution is 2.33. The number of hydrogen-bond donors (Lipinski definition) is 1. The highest BCUT2D eigenvalue weighted by Gasteiger charge is 2.23. The van der Waals surface area contributed by atoms with Crippen LogP contribution in [0.25, 0.3) is 22.2 Å². The number of pyridine rings is 1. The molecule has 1 N–H and O–H groups in total. The second-order valence-electron chi connectivity index (χ2n) is 6.49. The Balaban J connectivity index is 1.67. The van der Waals surface area contributed by atoms with E-state index in [1.54, 1.807) is 13.3 Å². The molecule has 8 heteroatoms. The van der Waals surface area contributed by atoms with Gasteiger partial charge in [-0.25, -0.2) is 9.97 Å². The SMILES string of the molecule is CNc1nc(Cl)nc2c(-c3ccc(N4C[C@@H](C)O[C@@H](C)C4)nc3)coc12. The summed E-state index contributed by atoms with van der Waals surface area (Å²) in [5.74, 6) is 1.50. The summed E-state index contributed by atoms with van der Waals surface area (Å²) in [6.45, 7) is 5.83. The van der Waals surface area contributed by atoms with Gasteiger partial charge in [0.25, 0.3) is 0 Å². The molecule has 4 heterocycles. The first-order chi connectivity index (χ1) is 12.5. The fourth-order valence-electron chi connectivity index (χ4n) is 3.36. The van der Waals surface area contributed by atoms with Gasteiger partial charge in [0.15, 0.2) is 11.4 Å². The van der Waals surface area contributed by atoms with Gasteiger partial charge in [-0.1, -0.05) is 0 Å². The number of halogens is 1. The fourth-order valence-corrected chi connectivity index (χ4v) is 3.53. The third-order valence-electron chi connectivity index (χ3n) is 4.43. The van der Waals surface area contributed by atoms with E-state index < -0.39 is 0 Å². The number of rotatable bonds is 3. The summed E-state index contributed by atoms with van der Waals surface area (Å²) in [5.41, 5.74) is 2.99. The number of nitrogens with zero attached hydrogens (tertiary/aromatic N) is 4. The molecule has 0 bridgehead atoms. The summed E-state index contributed by atoms with van der Waals surface area (Å²) >= 11 is 6.03. The molecule has 7 nitrogen and oxygen atoms in total. The van der Waals surface area contributed by atoms with E-state index in [-0.39, 0.29) is 17.5 Å². The maximum atomic E-state index is 6.03. The number of fused-ring (bicyclic) bond motifs is 1. The van der Waals surface area contributed by atoms with Crippen molar-refractivity contribution in [3.8, 4) is 11.1 Å². The van der Waals surface area contributed by atoms with Gasteiger partial charge in [-0.05, 0) is 37.6 Å². The van der Waals surface area contributed by atoms with Gasteiger partial charge in [0.05, 0.1) is 12.2 Å². The van der Waals surface area contributed by atoms with Gasteiger partial charge < -0.3 is 19.4 Å². The first kappa shape index (κ1) is 17.1. The molecule has 1 aliphatic heterocycles. The molecule has 4 rings (SSSR count). The minimum Gasteiger partial charge on any atom is -0.458 e. The highest BCUT2D eigenvalue weighted by molar-refractivity contribution is 6.29. The van der Waals surface area contributed by atoms with Crippen molar-refractivity contribution >= 4 is 34.3 Å². The Bertz CT molecular complexity index is 917. The van der Waals surface area contributed by atoms with Crippen LogP contribution in [0.1, 0.15) is 13.8 Å². The van der Waals surface area contributed by atoms with Crippen molar-refractivity contribution in [3.63, 3.8) is 0 Å². The Morgan fingerprint density at radius 2 is 1.96 bits per heavy atom. The van der Waals surface area contributed by atoms with Crippen LogP contribution >= 0.6 is 11.6 Å². The lowest BCUT2D eigenvalue weighted by atomic mass is 10.1. The van der Waals surface area contributed by atoms with E-state index in [2.05, 4.69) is 39.0 Å². The quantitative estimate of drug-likeness (QED) is 0.703. The van der Waals surface area contributed by atoms with Crippen LogP contribution in [0.5, 0.6) is 0 Å². The molecule has 136 valence electrons. The average Bonchev–Trinajstić information content (AvgIpc) is 3.04. The van der Waals surface area contributed by atoms with E-state index in [9.17, 15) is 0 Å². The number of furan rings is 1. The normalized spacial score (nSPS) is 20.5. The second kappa shape index (κ2) is 6.74. The van der Waals surface area contributed by atoms with Gasteiger partial charge in [0, 0.05) is 37.5 Å². The lowest BCUT2D eigenvalue weighted by Gasteiger charge is -2.36. The molecule has 0 radical (unpaired) electrons. The number of anilines is 2. The van der Waals surface area contributed by atoms with Crippen LogP contribution in [-0.4, -0.2) is 47.3 Å². The van der Waals surface area contributed by atoms with Crippen molar-refractivity contribution in [2.24, 2.45) is 0 Å². The van der Waals surface area contributed by atoms with E-state index in [0.29, 0.717) is 16.9 Å². The van der Waals surface area contributed by atoms with E-state index in [0.717, 1.165) is 30.0 Å². The molecule has 3 aromatic heterocycles. The lowest BCUT2D eigenvalue weighted by Crippen LogP contribution is -2.45. The molecule has 0 amide bonds. The highest BCUT2D eigenvalue weighted by atomic mass is 35.5. The zero-order valence-electron chi connectivity index (χ0n) is 14.9. The third-order valence-corrected chi connectivity index (χ3v) is 4.60. The number of morpholine rings is 1. The van der Waals surface area contributed by atoms with Crippen molar-refractivity contribution < 1.29 is 9.15 Å². The Hall–Kier alpha value is -2.38. The van der Waals surface area contributed by atoms with E-state index in [4.69, 9.17) is 20.8 Å². The third kappa shape index (κ3) is 3.08. The molecule has 0 aromatic carbocycles. The Morgan fingerprint density at radius 3 is 2.62 bits per heavy atom. The molecular weight excluding hydrogens is 354 g/mol. The van der Waals surface area contributed by atoms with Crippen LogP contribution < -0.4 is 10.2 Å². The minimum atomic E-state index is 0.172. The van der Waals surface area contributed by atoms with Gasteiger partial charge in [0.1, 0.15) is 17.6 Å². The monoisotopic (exact) mass is 373 g/mol. The summed E-state index contributed by atoms with van der Waals surface area (Å²) in [4.78, 5) is 15.3. The van der Waals surface area contributed by atoms with Crippen LogP contribution in [0.2, 0.25) is 5.28 Å². The smallest absolute Gasteiger partial charge is 0.225 e. The largest absolute Gasteiger partial charge is 0.458 e. The van der Waals surface area contributed by atoms with Gasteiger partial charge in [-0.3, -0.25) is 0 Å². The van der Waals surface area contributed by atoms with Crippen LogP contribution in [-0.2, 0) is 4.74 Å². The first-order valence-electron chi connectivity index (χ1n) is 8.54. The van der Waals surface area contributed by atoms with Gasteiger partial charge in [-0.15, -0.1) is 0 Å². The predicted molar refractivity (Wildman–Crippen MR) is 102 cm³/mol. The van der Waals surface area contributed by atoms with E-state index in [1.165, 1.54) is 0 Å². The molecule has 0 saturated carbocycles. The zero-order valence-corrected chi connectivity index (χ0v) is 15.6. The summed E-state index contributed by atoms with van der Waals surface area (Å²) < 4.78 is 11.4. The molecule has 0 unspecified atom stereocenters. The van der Waals surface area contributed by atoms with Crippen molar-refractivity contribution in [2.45, 2.75) is 26.1 Å². The second-order valence-corrected chi connectivity index (χ2v) is 6.82. The first-order valence-corrected chi connectivity index (χ1v) is 8.92. The zero-order chi connectivity index (χ0) is 18.3. The molecule has 1 saturated heterocycles. The molecule has 1 fully saturated rings. The summed E-state index contributed by atoms with van der Waals surface area (Å²) in [5, 5.41) is 3.14. The summed E-state index contributed by atoms with van der Waals surface area (Å²) in [6.07, 6.45) is 3.87. The predicted octanol–water partition coefficient (Wildman–Crippen LogP) is 3.59. The van der Waals surface area contributed by atoms with Crippen LogP contribution in [0.15, 0.2) is 29.0 Å². The number of nitrogens with one attached hydrogen (secondary N) is 1. The fraction of sp³-hybridized carbons (Fsp3) is 0.389. The van der Waals surface area contributed by atoms with Crippen molar-refractivity contribution in [2.75, 3.05) is 30.4 Å². The Kier molecular flexibility index (Phi) is 4.42. The molecule has 0 spiro atoms. The molecule has 1 aliphatic rings. The standard InChI is InChI=1S/C18H20ClN5O2/c1-10-7-24(8-11(2)26-10)14-5-4-12(6-21-14)13-9-25-16-15(13)22-18(19)23-17(16)20-3/h4-6,9-11H,7-8H2,1-3H3,(H,20,22,23)/t10-,11+. The maximum absolute atomic E-state index is 6.03. The molecule has 3 aromatic rings. The minimum absolute atomic E-state index is 0.172. The molecule has 26 heavy (non-hydrogen) atoms. The Morgan fingerprint density at radius 1 is 1.19 bits per heavy atom. The van der Waals surface area contributed by atoms with E-state index >= 15 is 0 Å². The number of aromatic nitrogens is 3.